The van der Waals surface area contributed by atoms with E-state index in [4.69, 9.17) is 12.2 Å². The van der Waals surface area contributed by atoms with Gasteiger partial charge in [-0.3, -0.25) is 0 Å². The quantitative estimate of drug-likeness (QED) is 0.615. The van der Waals surface area contributed by atoms with Gasteiger partial charge < -0.3 is 9.47 Å². The smallest absolute Gasteiger partial charge is 0.199 e. The molecule has 2 aromatic rings. The largest absolute Gasteiger partial charge is 0.352 e. The van der Waals surface area contributed by atoms with Crippen molar-refractivity contribution in [3.05, 3.63) is 34.4 Å². The van der Waals surface area contributed by atoms with E-state index in [2.05, 4.69) is 10.00 Å². The summed E-state index contributed by atoms with van der Waals surface area (Å²) >= 11 is 5.58. The van der Waals surface area contributed by atoms with E-state index >= 15 is 0 Å². The normalized spacial score (nSPS) is 21.0. The van der Waals surface area contributed by atoms with Gasteiger partial charge in [-0.15, -0.1) is 0 Å². The maximum absolute atomic E-state index is 11.9. The van der Waals surface area contributed by atoms with Gasteiger partial charge in [0.2, 0.25) is 0 Å². The van der Waals surface area contributed by atoms with Crippen molar-refractivity contribution in [2.24, 2.45) is 13.0 Å². The molecule has 1 aromatic carbocycles. The Morgan fingerprint density at radius 3 is 2.73 bits per heavy atom. The van der Waals surface area contributed by atoms with Crippen LogP contribution in [0.2, 0.25) is 0 Å². The standard InChI is InChI=1S/C19H26N4O4S3/c1-21-18(10-14-7-9-30(26,27)12-14)20-23(19(21)28)13-22-8-3-4-15-11-16(29(2,24)25)5-6-17(15)22/h5-6,11,14H,3-4,7-10,12-13H2,1-2H3. The summed E-state index contributed by atoms with van der Waals surface area (Å²) in [5.41, 5.74) is 2.02. The van der Waals surface area contributed by atoms with Crippen LogP contribution < -0.4 is 4.90 Å². The minimum Gasteiger partial charge on any atom is -0.352 e. The Morgan fingerprint density at radius 1 is 1.30 bits per heavy atom. The SMILES string of the molecule is Cn1c(CC2CCS(=O)(=O)C2)nn(CN2CCCc3cc(S(C)(=O)=O)ccc32)c1=S. The van der Waals surface area contributed by atoms with Crippen LogP contribution in [0.15, 0.2) is 23.1 Å². The molecule has 2 aliphatic heterocycles. The molecule has 164 valence electrons. The molecule has 1 aromatic heterocycles. The lowest BCUT2D eigenvalue weighted by atomic mass is 10.0. The minimum absolute atomic E-state index is 0.0871. The highest BCUT2D eigenvalue weighted by atomic mass is 32.2. The van der Waals surface area contributed by atoms with Gasteiger partial charge >= 0.3 is 0 Å². The second-order valence-corrected chi connectivity index (χ2v) is 12.9. The zero-order valence-electron chi connectivity index (χ0n) is 17.1. The molecule has 0 aliphatic carbocycles. The lowest BCUT2D eigenvalue weighted by Crippen LogP contribution is -2.32. The zero-order chi connectivity index (χ0) is 21.7. The van der Waals surface area contributed by atoms with Crippen molar-refractivity contribution in [1.29, 1.82) is 0 Å². The summed E-state index contributed by atoms with van der Waals surface area (Å²) in [6, 6.07) is 5.28. The van der Waals surface area contributed by atoms with Crippen LogP contribution in [0.4, 0.5) is 5.69 Å². The number of rotatable bonds is 5. The lowest BCUT2D eigenvalue weighted by molar-refractivity contribution is 0.528. The van der Waals surface area contributed by atoms with Gasteiger partial charge in [0.1, 0.15) is 12.5 Å². The molecular weight excluding hydrogens is 444 g/mol. The van der Waals surface area contributed by atoms with E-state index in [1.165, 1.54) is 6.26 Å². The highest BCUT2D eigenvalue weighted by molar-refractivity contribution is 7.91. The molecule has 8 nitrogen and oxygen atoms in total. The maximum atomic E-state index is 11.9. The van der Waals surface area contributed by atoms with Gasteiger partial charge in [-0.25, -0.2) is 21.5 Å². The first-order valence-corrected chi connectivity index (χ1v) is 14.1. The Hall–Kier alpha value is -1.72. The van der Waals surface area contributed by atoms with Crippen molar-refractivity contribution in [3.8, 4) is 0 Å². The second kappa shape index (κ2) is 7.76. The number of hydrogen-bond acceptors (Lipinski definition) is 7. The monoisotopic (exact) mass is 470 g/mol. The number of fused-ring (bicyclic) bond motifs is 1. The van der Waals surface area contributed by atoms with Gasteiger partial charge in [-0.1, -0.05) is 0 Å². The van der Waals surface area contributed by atoms with Crippen LogP contribution in [0.3, 0.4) is 0 Å². The summed E-state index contributed by atoms with van der Waals surface area (Å²) in [7, 11) is -4.30. The summed E-state index contributed by atoms with van der Waals surface area (Å²) in [5.74, 6) is 1.35. The average molecular weight is 471 g/mol. The molecule has 30 heavy (non-hydrogen) atoms. The van der Waals surface area contributed by atoms with Crippen LogP contribution in [0.5, 0.6) is 0 Å². The summed E-state index contributed by atoms with van der Waals surface area (Å²) in [6.45, 7) is 1.31. The Morgan fingerprint density at radius 2 is 2.07 bits per heavy atom. The van der Waals surface area contributed by atoms with Gasteiger partial charge in [0.05, 0.1) is 16.4 Å². The van der Waals surface area contributed by atoms with Crippen molar-refractivity contribution in [2.75, 3.05) is 29.2 Å². The third-order valence-electron chi connectivity index (χ3n) is 5.93. The Kier molecular flexibility index (Phi) is 5.56. The van der Waals surface area contributed by atoms with Crippen molar-refractivity contribution in [3.63, 3.8) is 0 Å². The maximum Gasteiger partial charge on any atom is 0.199 e. The highest BCUT2D eigenvalue weighted by Gasteiger charge is 2.29. The molecule has 4 rings (SSSR count). The van der Waals surface area contributed by atoms with Crippen molar-refractivity contribution in [1.82, 2.24) is 14.3 Å². The Balaban J connectivity index is 1.57. The zero-order valence-corrected chi connectivity index (χ0v) is 19.6. The number of aryl methyl sites for hydroxylation is 1. The Bertz CT molecular complexity index is 1250. The molecule has 0 N–H and O–H groups in total. The first-order chi connectivity index (χ1) is 14.0. The molecule has 3 heterocycles. The van der Waals surface area contributed by atoms with E-state index in [0.717, 1.165) is 36.5 Å². The number of anilines is 1. The predicted molar refractivity (Wildman–Crippen MR) is 118 cm³/mol. The second-order valence-electron chi connectivity index (χ2n) is 8.30. The predicted octanol–water partition coefficient (Wildman–Crippen LogP) is 1.74. The molecule has 11 heteroatoms. The first-order valence-electron chi connectivity index (χ1n) is 9.94. The van der Waals surface area contributed by atoms with Crippen LogP contribution in [-0.4, -0.2) is 55.5 Å². The van der Waals surface area contributed by atoms with Crippen LogP contribution in [-0.2, 0) is 46.2 Å². The number of benzene rings is 1. The van der Waals surface area contributed by atoms with E-state index in [-0.39, 0.29) is 17.4 Å². The molecule has 0 radical (unpaired) electrons. The fourth-order valence-corrected chi connectivity index (χ4v) is 7.02. The molecule has 0 spiro atoms. The van der Waals surface area contributed by atoms with Crippen molar-refractivity contribution in [2.45, 2.75) is 37.2 Å². The van der Waals surface area contributed by atoms with E-state index in [0.29, 0.717) is 29.2 Å². The van der Waals surface area contributed by atoms with Gasteiger partial charge in [0.15, 0.2) is 24.4 Å². The van der Waals surface area contributed by atoms with E-state index in [1.807, 2.05) is 17.7 Å². The fourth-order valence-electron chi connectivity index (χ4n) is 4.28. The molecule has 1 atom stereocenters. The summed E-state index contributed by atoms with van der Waals surface area (Å²) < 4.78 is 51.5. The van der Waals surface area contributed by atoms with Crippen LogP contribution in [0.25, 0.3) is 0 Å². The fraction of sp³-hybridized carbons (Fsp3) is 0.579. The third-order valence-corrected chi connectivity index (χ3v) is 9.36. The summed E-state index contributed by atoms with van der Waals surface area (Å²) in [4.78, 5) is 2.50. The van der Waals surface area contributed by atoms with E-state index in [9.17, 15) is 16.8 Å². The molecule has 0 saturated carbocycles. The van der Waals surface area contributed by atoms with E-state index in [1.54, 1.807) is 16.8 Å². The first kappa shape index (κ1) is 21.5. The van der Waals surface area contributed by atoms with Crippen LogP contribution in [0, 0.1) is 10.7 Å². The highest BCUT2D eigenvalue weighted by Crippen LogP contribution is 2.30. The van der Waals surface area contributed by atoms with Gasteiger partial charge in [-0.2, -0.15) is 5.10 Å². The number of aromatic nitrogens is 3. The molecular formula is C19H26N4O4S3. The molecule has 2 aliphatic rings. The topological polar surface area (TPSA) is 94.3 Å². The number of sulfone groups is 2. The summed E-state index contributed by atoms with van der Waals surface area (Å²) in [5, 5.41) is 4.69. The van der Waals surface area contributed by atoms with Crippen molar-refractivity contribution < 1.29 is 16.8 Å². The van der Waals surface area contributed by atoms with Gasteiger partial charge in [0, 0.05) is 32.0 Å². The van der Waals surface area contributed by atoms with E-state index < -0.39 is 19.7 Å². The molecule has 1 saturated heterocycles. The lowest BCUT2D eigenvalue weighted by Gasteiger charge is -2.31. The van der Waals surface area contributed by atoms with Gasteiger partial charge in [-0.05, 0) is 61.2 Å². The third kappa shape index (κ3) is 4.33. The average Bonchev–Trinajstić information content (AvgIpc) is 3.14. The molecule has 0 bridgehead atoms. The Labute approximate surface area is 182 Å². The molecule has 1 fully saturated rings. The van der Waals surface area contributed by atoms with Crippen molar-refractivity contribution >= 4 is 37.6 Å². The minimum atomic E-state index is -3.24. The molecule has 1 unspecified atom stereocenters. The number of nitrogens with zero attached hydrogens (tertiary/aromatic N) is 4. The summed E-state index contributed by atoms with van der Waals surface area (Å²) in [6.07, 6.45) is 4.25. The van der Waals surface area contributed by atoms with Crippen LogP contribution >= 0.6 is 12.2 Å². The van der Waals surface area contributed by atoms with Gasteiger partial charge in [0.25, 0.3) is 0 Å². The number of hydrogen-bond donors (Lipinski definition) is 0. The van der Waals surface area contributed by atoms with Crippen LogP contribution in [0.1, 0.15) is 24.2 Å². The molecule has 0 amide bonds.